The second-order valence-electron chi connectivity index (χ2n) is 2.72. The predicted octanol–water partition coefficient (Wildman–Crippen LogP) is 3.92. The molecule has 0 N–H and O–H groups in total. The lowest BCUT2D eigenvalue weighted by Crippen LogP contribution is -1.77. The van der Waals surface area contributed by atoms with Crippen LogP contribution in [0.15, 0.2) is 49.1 Å². The number of benzene rings is 1. The van der Waals surface area contributed by atoms with Gasteiger partial charge < -0.3 is 0 Å². The molecule has 66 valence electrons. The number of rotatable bonds is 3. The van der Waals surface area contributed by atoms with E-state index in [1.54, 1.807) is 0 Å². The quantitative estimate of drug-likeness (QED) is 0.603. The maximum absolute atomic E-state index is 3.77. The van der Waals surface area contributed by atoms with E-state index < -0.39 is 0 Å². The summed E-state index contributed by atoms with van der Waals surface area (Å²) in [6.07, 6.45) is 10.0. The van der Waals surface area contributed by atoms with Crippen LogP contribution in [0.4, 0.5) is 0 Å². The molecule has 0 saturated carbocycles. The lowest BCUT2D eigenvalue weighted by atomic mass is 10.1. The predicted molar refractivity (Wildman–Crippen MR) is 60.4 cm³/mol. The van der Waals surface area contributed by atoms with Gasteiger partial charge in [0.2, 0.25) is 0 Å². The van der Waals surface area contributed by atoms with Crippen molar-refractivity contribution >= 4 is 12.2 Å². The van der Waals surface area contributed by atoms with Gasteiger partial charge in [-0.05, 0) is 18.1 Å². The molecule has 0 fully saturated rings. The molecule has 1 aromatic rings. The third-order valence-corrected chi connectivity index (χ3v) is 1.80. The van der Waals surface area contributed by atoms with Crippen molar-refractivity contribution in [1.82, 2.24) is 0 Å². The van der Waals surface area contributed by atoms with Crippen LogP contribution in [0.1, 0.15) is 18.1 Å². The van der Waals surface area contributed by atoms with Crippen molar-refractivity contribution in [3.63, 3.8) is 0 Å². The first kappa shape index (κ1) is 9.53. The SMILES string of the molecule is C=Cc1ccccc1/C=C\C=C\C. The van der Waals surface area contributed by atoms with Crippen molar-refractivity contribution in [3.05, 3.63) is 60.2 Å². The minimum absolute atomic E-state index is 1.17. The summed E-state index contributed by atoms with van der Waals surface area (Å²) in [4.78, 5) is 0. The molecule has 1 aromatic carbocycles. The summed E-state index contributed by atoms with van der Waals surface area (Å²) in [5, 5.41) is 0. The summed E-state index contributed by atoms with van der Waals surface area (Å²) in [7, 11) is 0. The fourth-order valence-corrected chi connectivity index (χ4v) is 1.12. The third kappa shape index (κ3) is 2.75. The molecule has 0 heterocycles. The lowest BCUT2D eigenvalue weighted by Gasteiger charge is -1.97. The Morgan fingerprint density at radius 1 is 1.08 bits per heavy atom. The Hall–Kier alpha value is -1.56. The molecule has 0 radical (unpaired) electrons. The topological polar surface area (TPSA) is 0 Å². The van der Waals surface area contributed by atoms with Crippen LogP contribution in [-0.2, 0) is 0 Å². The van der Waals surface area contributed by atoms with Gasteiger partial charge in [-0.1, -0.05) is 61.2 Å². The molecule has 0 unspecified atom stereocenters. The van der Waals surface area contributed by atoms with Crippen LogP contribution in [0.5, 0.6) is 0 Å². The van der Waals surface area contributed by atoms with E-state index in [0.717, 1.165) is 0 Å². The zero-order chi connectivity index (χ0) is 9.52. The monoisotopic (exact) mass is 170 g/mol. The molecule has 0 aliphatic carbocycles. The minimum Gasteiger partial charge on any atom is -0.0984 e. The van der Waals surface area contributed by atoms with Crippen molar-refractivity contribution < 1.29 is 0 Å². The highest BCUT2D eigenvalue weighted by atomic mass is 14.0. The van der Waals surface area contributed by atoms with Crippen LogP contribution in [0.2, 0.25) is 0 Å². The fourth-order valence-electron chi connectivity index (χ4n) is 1.12. The summed E-state index contributed by atoms with van der Waals surface area (Å²) in [5.41, 5.74) is 2.37. The Morgan fingerprint density at radius 3 is 2.38 bits per heavy atom. The first-order valence-electron chi connectivity index (χ1n) is 4.39. The van der Waals surface area contributed by atoms with Gasteiger partial charge in [0.05, 0.1) is 0 Å². The molecular weight excluding hydrogens is 156 g/mol. The normalized spacial score (nSPS) is 11.2. The lowest BCUT2D eigenvalue weighted by molar-refractivity contribution is 1.61. The molecular formula is C13H14. The van der Waals surface area contributed by atoms with Crippen LogP contribution in [0, 0.1) is 0 Å². The van der Waals surface area contributed by atoms with E-state index in [2.05, 4.69) is 24.8 Å². The Kier molecular flexibility index (Phi) is 3.77. The van der Waals surface area contributed by atoms with Crippen molar-refractivity contribution in [3.8, 4) is 0 Å². The molecule has 0 atom stereocenters. The number of hydrogen-bond acceptors (Lipinski definition) is 0. The molecule has 0 aliphatic heterocycles. The van der Waals surface area contributed by atoms with Gasteiger partial charge in [-0.25, -0.2) is 0 Å². The Bertz CT molecular complexity index is 330. The van der Waals surface area contributed by atoms with Crippen LogP contribution in [-0.4, -0.2) is 0 Å². The average Bonchev–Trinajstić information content (AvgIpc) is 2.19. The van der Waals surface area contributed by atoms with Gasteiger partial charge in [-0.3, -0.25) is 0 Å². The maximum atomic E-state index is 3.77. The molecule has 0 nitrogen and oxygen atoms in total. The van der Waals surface area contributed by atoms with Gasteiger partial charge in [0, 0.05) is 0 Å². The van der Waals surface area contributed by atoms with Crippen LogP contribution in [0.3, 0.4) is 0 Å². The summed E-state index contributed by atoms with van der Waals surface area (Å²) in [5.74, 6) is 0. The first-order chi connectivity index (χ1) is 6.38. The molecule has 0 amide bonds. The van der Waals surface area contributed by atoms with Gasteiger partial charge in [-0.15, -0.1) is 0 Å². The Balaban J connectivity index is 2.93. The smallest absolute Gasteiger partial charge is 0.0184 e. The highest BCUT2D eigenvalue weighted by Crippen LogP contribution is 2.11. The summed E-state index contributed by atoms with van der Waals surface area (Å²) in [6.45, 7) is 5.77. The van der Waals surface area contributed by atoms with E-state index in [1.165, 1.54) is 11.1 Å². The highest BCUT2D eigenvalue weighted by Gasteiger charge is 1.90. The molecule has 1 rings (SSSR count). The van der Waals surface area contributed by atoms with Crippen molar-refractivity contribution in [1.29, 1.82) is 0 Å². The number of allylic oxidation sites excluding steroid dienone is 3. The molecule has 13 heavy (non-hydrogen) atoms. The van der Waals surface area contributed by atoms with Crippen molar-refractivity contribution in [2.75, 3.05) is 0 Å². The molecule has 0 spiro atoms. The van der Waals surface area contributed by atoms with Crippen LogP contribution < -0.4 is 0 Å². The van der Waals surface area contributed by atoms with Crippen LogP contribution in [0.25, 0.3) is 12.2 Å². The van der Waals surface area contributed by atoms with E-state index in [-0.39, 0.29) is 0 Å². The van der Waals surface area contributed by atoms with E-state index >= 15 is 0 Å². The molecule has 0 aliphatic rings. The molecule has 0 bridgehead atoms. The zero-order valence-electron chi connectivity index (χ0n) is 7.90. The largest absolute Gasteiger partial charge is 0.0984 e. The highest BCUT2D eigenvalue weighted by molar-refractivity contribution is 5.64. The van der Waals surface area contributed by atoms with Crippen molar-refractivity contribution in [2.24, 2.45) is 0 Å². The minimum atomic E-state index is 1.17. The maximum Gasteiger partial charge on any atom is -0.0184 e. The van der Waals surface area contributed by atoms with Crippen molar-refractivity contribution in [2.45, 2.75) is 6.92 Å². The summed E-state index contributed by atoms with van der Waals surface area (Å²) < 4.78 is 0. The Labute approximate surface area is 79.9 Å². The van der Waals surface area contributed by atoms with Gasteiger partial charge in [0.25, 0.3) is 0 Å². The third-order valence-electron chi connectivity index (χ3n) is 1.80. The van der Waals surface area contributed by atoms with E-state index in [4.69, 9.17) is 0 Å². The standard InChI is InChI=1S/C13H14/c1-3-5-6-10-13-11-8-7-9-12(13)4-2/h3-11H,2H2,1H3/b5-3+,10-6-. The molecule has 0 heteroatoms. The fraction of sp³-hybridized carbons (Fsp3) is 0.0769. The van der Waals surface area contributed by atoms with Gasteiger partial charge in [0.15, 0.2) is 0 Å². The second kappa shape index (κ2) is 5.15. The van der Waals surface area contributed by atoms with E-state index in [9.17, 15) is 0 Å². The molecule has 0 saturated heterocycles. The summed E-state index contributed by atoms with van der Waals surface area (Å²) in [6, 6.07) is 8.19. The van der Waals surface area contributed by atoms with Gasteiger partial charge in [-0.2, -0.15) is 0 Å². The summed E-state index contributed by atoms with van der Waals surface area (Å²) >= 11 is 0. The van der Waals surface area contributed by atoms with Crippen LogP contribution >= 0.6 is 0 Å². The number of hydrogen-bond donors (Lipinski definition) is 0. The first-order valence-corrected chi connectivity index (χ1v) is 4.39. The van der Waals surface area contributed by atoms with Gasteiger partial charge in [0.1, 0.15) is 0 Å². The average molecular weight is 170 g/mol. The van der Waals surface area contributed by atoms with E-state index in [0.29, 0.717) is 0 Å². The second-order valence-corrected chi connectivity index (χ2v) is 2.72. The van der Waals surface area contributed by atoms with E-state index in [1.807, 2.05) is 43.4 Å². The zero-order valence-corrected chi connectivity index (χ0v) is 7.90. The Morgan fingerprint density at radius 2 is 1.77 bits per heavy atom. The molecule has 0 aromatic heterocycles. The van der Waals surface area contributed by atoms with Gasteiger partial charge >= 0.3 is 0 Å².